The Labute approximate surface area is 165 Å². The molecule has 5 nitrogen and oxygen atoms in total. The summed E-state index contributed by atoms with van der Waals surface area (Å²) in [6.45, 7) is 4.07. The van der Waals surface area contributed by atoms with E-state index < -0.39 is 0 Å². The lowest BCUT2D eigenvalue weighted by molar-refractivity contribution is -0.116. The van der Waals surface area contributed by atoms with Crippen LogP contribution in [0.2, 0.25) is 5.02 Å². The molecule has 144 valence electrons. The molecule has 1 amide bonds. The molecule has 2 N–H and O–H groups in total. The highest BCUT2D eigenvalue weighted by molar-refractivity contribution is 6.32. The Hall–Kier alpha value is -2.40. The van der Waals surface area contributed by atoms with Crippen LogP contribution in [-0.2, 0) is 4.79 Å². The number of nitrogens with one attached hydrogen (secondary N) is 2. The predicted molar refractivity (Wildman–Crippen MR) is 112 cm³/mol. The van der Waals surface area contributed by atoms with Crippen LogP contribution in [0.15, 0.2) is 42.5 Å². The van der Waals surface area contributed by atoms with Crippen molar-refractivity contribution in [3.63, 3.8) is 0 Å². The zero-order valence-electron chi connectivity index (χ0n) is 15.8. The summed E-state index contributed by atoms with van der Waals surface area (Å²) < 4.78 is 5.12. The fraction of sp³-hybridized carbons (Fsp3) is 0.381. The molecule has 1 heterocycles. The smallest absolute Gasteiger partial charge is 0.246 e. The van der Waals surface area contributed by atoms with Crippen LogP contribution in [0.4, 0.5) is 17.1 Å². The quantitative estimate of drug-likeness (QED) is 0.749. The van der Waals surface area contributed by atoms with Crippen LogP contribution >= 0.6 is 11.6 Å². The number of methoxy groups -OCH3 is 1. The maximum absolute atomic E-state index is 12.4. The summed E-state index contributed by atoms with van der Waals surface area (Å²) in [7, 11) is 1.56. The number of ether oxygens (including phenoxy) is 1. The minimum Gasteiger partial charge on any atom is -0.495 e. The van der Waals surface area contributed by atoms with Gasteiger partial charge in [0.15, 0.2) is 0 Å². The lowest BCUT2D eigenvalue weighted by atomic mass is 10.1. The molecule has 0 bridgehead atoms. The van der Waals surface area contributed by atoms with E-state index in [4.69, 9.17) is 16.3 Å². The zero-order chi connectivity index (χ0) is 19.2. The fourth-order valence-corrected chi connectivity index (χ4v) is 3.49. The molecule has 1 aliphatic rings. The number of hydrogen-bond donors (Lipinski definition) is 2. The van der Waals surface area contributed by atoms with Crippen molar-refractivity contribution in [3.8, 4) is 5.75 Å². The number of amides is 1. The van der Waals surface area contributed by atoms with Crippen molar-refractivity contribution in [1.29, 1.82) is 0 Å². The number of carbonyl (C=O) groups is 1. The average molecular weight is 388 g/mol. The van der Waals surface area contributed by atoms with Gasteiger partial charge in [0, 0.05) is 30.2 Å². The molecule has 0 saturated carbocycles. The summed E-state index contributed by atoms with van der Waals surface area (Å²) in [6, 6.07) is 13.1. The minimum absolute atomic E-state index is 0.128. The van der Waals surface area contributed by atoms with Gasteiger partial charge in [-0.25, -0.2) is 0 Å². The van der Waals surface area contributed by atoms with Gasteiger partial charge in [-0.05, 0) is 68.7 Å². The SMILES string of the molecule is COc1ccc(NC(=O)[C@H](C)Nc2ccc(N3CCCCC3)cc2)cc1Cl. The van der Waals surface area contributed by atoms with Crippen molar-refractivity contribution < 1.29 is 9.53 Å². The van der Waals surface area contributed by atoms with Gasteiger partial charge < -0.3 is 20.3 Å². The highest BCUT2D eigenvalue weighted by Crippen LogP contribution is 2.27. The van der Waals surface area contributed by atoms with E-state index in [0.717, 1.165) is 18.8 Å². The van der Waals surface area contributed by atoms with E-state index in [2.05, 4.69) is 27.7 Å². The van der Waals surface area contributed by atoms with Gasteiger partial charge in [0.1, 0.15) is 11.8 Å². The number of hydrogen-bond acceptors (Lipinski definition) is 4. The summed E-state index contributed by atoms with van der Waals surface area (Å²) in [5, 5.41) is 6.57. The van der Waals surface area contributed by atoms with Crippen LogP contribution in [0, 0.1) is 0 Å². The van der Waals surface area contributed by atoms with Crippen molar-refractivity contribution in [3.05, 3.63) is 47.5 Å². The Balaban J connectivity index is 1.56. The number of piperidine rings is 1. The van der Waals surface area contributed by atoms with Gasteiger partial charge in [-0.15, -0.1) is 0 Å². The first-order chi connectivity index (χ1) is 13.1. The Morgan fingerprint density at radius 1 is 1.07 bits per heavy atom. The molecule has 27 heavy (non-hydrogen) atoms. The van der Waals surface area contributed by atoms with E-state index in [0.29, 0.717) is 16.5 Å². The van der Waals surface area contributed by atoms with Crippen LogP contribution in [-0.4, -0.2) is 32.1 Å². The van der Waals surface area contributed by atoms with Crippen LogP contribution in [0.3, 0.4) is 0 Å². The lowest BCUT2D eigenvalue weighted by Crippen LogP contribution is -2.32. The highest BCUT2D eigenvalue weighted by atomic mass is 35.5. The molecule has 3 rings (SSSR count). The van der Waals surface area contributed by atoms with Crippen LogP contribution in [0.25, 0.3) is 0 Å². The summed E-state index contributed by atoms with van der Waals surface area (Å²) in [6.07, 6.45) is 3.83. The molecule has 0 aromatic heterocycles. The third kappa shape index (κ3) is 5.07. The number of anilines is 3. The first-order valence-electron chi connectivity index (χ1n) is 9.33. The third-order valence-electron chi connectivity index (χ3n) is 4.78. The Kier molecular flexibility index (Phi) is 6.45. The second-order valence-electron chi connectivity index (χ2n) is 6.80. The van der Waals surface area contributed by atoms with Crippen molar-refractivity contribution in [1.82, 2.24) is 0 Å². The van der Waals surface area contributed by atoms with Crippen molar-refractivity contribution in [2.45, 2.75) is 32.2 Å². The lowest BCUT2D eigenvalue weighted by Gasteiger charge is -2.29. The standard InChI is InChI=1S/C21H26ClN3O2/c1-15(21(26)24-17-8-11-20(27-2)19(22)14-17)23-16-6-9-18(10-7-16)25-12-4-3-5-13-25/h6-11,14-15,23H,3-5,12-13H2,1-2H3,(H,24,26)/t15-/m0/s1. The first-order valence-corrected chi connectivity index (χ1v) is 9.70. The van der Waals surface area contributed by atoms with Gasteiger partial charge in [-0.3, -0.25) is 4.79 Å². The number of halogens is 1. The molecule has 0 spiro atoms. The van der Waals surface area contributed by atoms with Gasteiger partial charge in [0.05, 0.1) is 12.1 Å². The second-order valence-corrected chi connectivity index (χ2v) is 7.21. The molecule has 6 heteroatoms. The number of nitrogens with zero attached hydrogens (tertiary/aromatic N) is 1. The maximum atomic E-state index is 12.4. The summed E-state index contributed by atoms with van der Waals surface area (Å²) >= 11 is 6.11. The molecular formula is C21H26ClN3O2. The molecule has 1 aliphatic heterocycles. The first kappa shape index (κ1) is 19.4. The van der Waals surface area contributed by atoms with E-state index >= 15 is 0 Å². The van der Waals surface area contributed by atoms with E-state index in [1.165, 1.54) is 24.9 Å². The highest BCUT2D eigenvalue weighted by Gasteiger charge is 2.15. The molecule has 0 unspecified atom stereocenters. The average Bonchev–Trinajstić information content (AvgIpc) is 2.69. The van der Waals surface area contributed by atoms with Gasteiger partial charge >= 0.3 is 0 Å². The number of carbonyl (C=O) groups excluding carboxylic acids is 1. The van der Waals surface area contributed by atoms with Crippen LogP contribution < -0.4 is 20.3 Å². The van der Waals surface area contributed by atoms with Crippen molar-refractivity contribution in [2.75, 3.05) is 35.7 Å². The molecule has 1 fully saturated rings. The van der Waals surface area contributed by atoms with Crippen molar-refractivity contribution in [2.24, 2.45) is 0 Å². The van der Waals surface area contributed by atoms with E-state index in [1.807, 2.05) is 19.1 Å². The molecule has 0 aliphatic carbocycles. The van der Waals surface area contributed by atoms with Gasteiger partial charge in [-0.2, -0.15) is 0 Å². The largest absolute Gasteiger partial charge is 0.495 e. The summed E-state index contributed by atoms with van der Waals surface area (Å²) in [4.78, 5) is 14.9. The molecule has 2 aromatic carbocycles. The molecular weight excluding hydrogens is 362 g/mol. The monoisotopic (exact) mass is 387 g/mol. The molecule has 0 radical (unpaired) electrons. The number of benzene rings is 2. The van der Waals surface area contributed by atoms with Crippen LogP contribution in [0.1, 0.15) is 26.2 Å². The normalized spacial score (nSPS) is 15.1. The molecule has 1 atom stereocenters. The maximum Gasteiger partial charge on any atom is 0.246 e. The topological polar surface area (TPSA) is 53.6 Å². The molecule has 2 aromatic rings. The minimum atomic E-state index is -0.383. The Morgan fingerprint density at radius 3 is 2.37 bits per heavy atom. The Bertz CT molecular complexity index is 773. The van der Waals surface area contributed by atoms with Gasteiger partial charge in [0.2, 0.25) is 5.91 Å². The predicted octanol–water partition coefficient (Wildman–Crippen LogP) is 4.78. The van der Waals surface area contributed by atoms with E-state index in [-0.39, 0.29) is 11.9 Å². The molecule has 1 saturated heterocycles. The van der Waals surface area contributed by atoms with E-state index in [9.17, 15) is 4.79 Å². The van der Waals surface area contributed by atoms with E-state index in [1.54, 1.807) is 25.3 Å². The van der Waals surface area contributed by atoms with Gasteiger partial charge in [-0.1, -0.05) is 11.6 Å². The summed E-state index contributed by atoms with van der Waals surface area (Å²) in [5.41, 5.74) is 2.80. The zero-order valence-corrected chi connectivity index (χ0v) is 16.6. The third-order valence-corrected chi connectivity index (χ3v) is 5.08. The van der Waals surface area contributed by atoms with Crippen molar-refractivity contribution >= 4 is 34.6 Å². The number of rotatable bonds is 6. The van der Waals surface area contributed by atoms with Gasteiger partial charge in [0.25, 0.3) is 0 Å². The Morgan fingerprint density at radius 2 is 1.74 bits per heavy atom. The fourth-order valence-electron chi connectivity index (χ4n) is 3.23. The second kappa shape index (κ2) is 9.00. The summed E-state index contributed by atoms with van der Waals surface area (Å²) in [5.74, 6) is 0.450. The van der Waals surface area contributed by atoms with Crippen LogP contribution in [0.5, 0.6) is 5.75 Å².